The Morgan fingerprint density at radius 2 is 1.95 bits per heavy atom. The molecule has 0 aromatic heterocycles. The van der Waals surface area contributed by atoms with Crippen LogP contribution >= 0.6 is 0 Å². The van der Waals surface area contributed by atoms with E-state index in [4.69, 9.17) is 5.11 Å². The van der Waals surface area contributed by atoms with E-state index in [0.29, 0.717) is 0 Å². The van der Waals surface area contributed by atoms with Crippen molar-refractivity contribution in [2.75, 3.05) is 13.6 Å². The molecule has 0 aliphatic heterocycles. The number of aryl methyl sites for hydroxylation is 1. The Hall–Kier alpha value is -2.57. The van der Waals surface area contributed by atoms with E-state index in [9.17, 15) is 19.5 Å². The second kappa shape index (κ2) is 7.44. The maximum atomic E-state index is 11.9. The summed E-state index contributed by atoms with van der Waals surface area (Å²) in [6, 6.07) is 3.75. The molecule has 7 nitrogen and oxygen atoms in total. The highest BCUT2D eigenvalue weighted by Gasteiger charge is 2.21. The van der Waals surface area contributed by atoms with Gasteiger partial charge in [0, 0.05) is 20.0 Å². The van der Waals surface area contributed by atoms with E-state index in [-0.39, 0.29) is 30.2 Å². The van der Waals surface area contributed by atoms with E-state index >= 15 is 0 Å². The quantitative estimate of drug-likeness (QED) is 0.719. The molecule has 0 fully saturated rings. The molecule has 0 heterocycles. The second-order valence-electron chi connectivity index (χ2n) is 5.05. The normalized spacial score (nSPS) is 11.6. The fourth-order valence-corrected chi connectivity index (χ4v) is 1.77. The van der Waals surface area contributed by atoms with Gasteiger partial charge in [-0.2, -0.15) is 0 Å². The smallest absolute Gasteiger partial charge is 0.326 e. The molecule has 0 aliphatic rings. The van der Waals surface area contributed by atoms with Gasteiger partial charge < -0.3 is 20.4 Å². The number of nitrogens with zero attached hydrogens (tertiary/aromatic N) is 1. The van der Waals surface area contributed by atoms with Gasteiger partial charge in [0.1, 0.15) is 11.8 Å². The predicted molar refractivity (Wildman–Crippen MR) is 79.7 cm³/mol. The topological polar surface area (TPSA) is 107 Å². The van der Waals surface area contributed by atoms with E-state index in [2.05, 4.69) is 5.32 Å². The van der Waals surface area contributed by atoms with Crippen molar-refractivity contribution in [1.29, 1.82) is 0 Å². The number of phenolic OH excluding ortho intramolecular Hbond substituents is 1. The number of aromatic hydroxyl groups is 1. The van der Waals surface area contributed by atoms with Crippen molar-refractivity contribution < 1.29 is 24.6 Å². The molecule has 1 atom stereocenters. The first-order chi connectivity index (χ1) is 10.2. The first-order valence-electron chi connectivity index (χ1n) is 6.80. The summed E-state index contributed by atoms with van der Waals surface area (Å²) in [6.45, 7) is 3.25. The Kier molecular flexibility index (Phi) is 5.91. The van der Waals surface area contributed by atoms with Crippen molar-refractivity contribution in [3.8, 4) is 5.75 Å². The highest BCUT2D eigenvalue weighted by atomic mass is 16.4. The number of carbonyl (C=O) groups excluding carboxylic acids is 2. The van der Waals surface area contributed by atoms with Crippen LogP contribution in [0, 0.1) is 6.92 Å². The second-order valence-corrected chi connectivity index (χ2v) is 5.05. The summed E-state index contributed by atoms with van der Waals surface area (Å²) in [5, 5.41) is 21.0. The third-order valence-electron chi connectivity index (χ3n) is 3.35. The van der Waals surface area contributed by atoms with Crippen molar-refractivity contribution in [2.24, 2.45) is 0 Å². The number of carboxylic acid groups (broad SMARTS) is 1. The largest absolute Gasteiger partial charge is 0.507 e. The van der Waals surface area contributed by atoms with Crippen LogP contribution in [0.2, 0.25) is 0 Å². The van der Waals surface area contributed by atoms with Gasteiger partial charge in [-0.05, 0) is 31.5 Å². The van der Waals surface area contributed by atoms with Crippen LogP contribution in [0.15, 0.2) is 18.2 Å². The van der Waals surface area contributed by atoms with Gasteiger partial charge in [0.05, 0.1) is 5.56 Å². The molecular formula is C15H20N2O5. The van der Waals surface area contributed by atoms with E-state index in [1.54, 1.807) is 13.0 Å². The number of nitrogens with one attached hydrogen (secondary N) is 1. The molecule has 1 aromatic rings. The summed E-state index contributed by atoms with van der Waals surface area (Å²) >= 11 is 0. The fraction of sp³-hybridized carbons (Fsp3) is 0.400. The van der Waals surface area contributed by atoms with Gasteiger partial charge in [-0.3, -0.25) is 9.59 Å². The van der Waals surface area contributed by atoms with E-state index in [1.165, 1.54) is 26.1 Å². The summed E-state index contributed by atoms with van der Waals surface area (Å²) < 4.78 is 0. The van der Waals surface area contributed by atoms with E-state index in [1.807, 2.05) is 0 Å². The minimum atomic E-state index is -1.09. The number of carboxylic acids is 1. The maximum absolute atomic E-state index is 11.9. The molecule has 120 valence electrons. The van der Waals surface area contributed by atoms with Crippen LogP contribution < -0.4 is 5.32 Å². The third-order valence-corrected chi connectivity index (χ3v) is 3.35. The van der Waals surface area contributed by atoms with Gasteiger partial charge in [-0.1, -0.05) is 6.07 Å². The summed E-state index contributed by atoms with van der Waals surface area (Å²) in [7, 11) is 1.40. The van der Waals surface area contributed by atoms with Gasteiger partial charge in [-0.15, -0.1) is 0 Å². The van der Waals surface area contributed by atoms with Crippen LogP contribution in [0.1, 0.15) is 29.3 Å². The van der Waals surface area contributed by atoms with Crippen LogP contribution in [-0.4, -0.2) is 52.5 Å². The molecule has 0 radical (unpaired) electrons. The average Bonchev–Trinajstić information content (AvgIpc) is 2.45. The minimum absolute atomic E-state index is 0.0213. The van der Waals surface area contributed by atoms with Crippen LogP contribution in [0.5, 0.6) is 5.75 Å². The average molecular weight is 308 g/mol. The number of amides is 2. The Bertz CT molecular complexity index is 585. The first kappa shape index (κ1) is 17.5. The molecule has 1 rings (SSSR count). The zero-order valence-corrected chi connectivity index (χ0v) is 12.8. The fourth-order valence-electron chi connectivity index (χ4n) is 1.77. The molecule has 0 aliphatic carbocycles. The van der Waals surface area contributed by atoms with Crippen LogP contribution in [0.25, 0.3) is 0 Å². The predicted octanol–water partition coefficient (Wildman–Crippen LogP) is 0.752. The standard InChI is InChI=1S/C15H20N2O5/c1-9-4-5-11(12(18)8-9)14(20)16-7-6-13(19)17(3)10(2)15(21)22/h4-5,8,10,18H,6-7H2,1-3H3,(H,16,20)(H,21,22). The van der Waals surface area contributed by atoms with Crippen LogP contribution in [0.4, 0.5) is 0 Å². The molecule has 0 spiro atoms. The number of benzene rings is 1. The molecular weight excluding hydrogens is 288 g/mol. The van der Waals surface area contributed by atoms with Gasteiger partial charge in [0.15, 0.2) is 0 Å². The Morgan fingerprint density at radius 1 is 1.32 bits per heavy atom. The number of rotatable bonds is 6. The molecule has 0 saturated carbocycles. The highest BCUT2D eigenvalue weighted by molar-refractivity contribution is 5.97. The lowest BCUT2D eigenvalue weighted by molar-refractivity contribution is -0.148. The number of hydrogen-bond donors (Lipinski definition) is 3. The lowest BCUT2D eigenvalue weighted by Gasteiger charge is -2.21. The Morgan fingerprint density at radius 3 is 2.50 bits per heavy atom. The van der Waals surface area contributed by atoms with E-state index in [0.717, 1.165) is 10.5 Å². The highest BCUT2D eigenvalue weighted by Crippen LogP contribution is 2.18. The van der Waals surface area contributed by atoms with E-state index < -0.39 is 17.9 Å². The number of likely N-dealkylation sites (N-methyl/N-ethyl adjacent to an activating group) is 1. The first-order valence-corrected chi connectivity index (χ1v) is 6.80. The zero-order valence-electron chi connectivity index (χ0n) is 12.8. The number of carbonyl (C=O) groups is 3. The Labute approximate surface area is 128 Å². The van der Waals surface area contributed by atoms with Gasteiger partial charge in [-0.25, -0.2) is 4.79 Å². The lowest BCUT2D eigenvalue weighted by Crippen LogP contribution is -2.41. The zero-order chi connectivity index (χ0) is 16.9. The molecule has 3 N–H and O–H groups in total. The Balaban J connectivity index is 2.51. The maximum Gasteiger partial charge on any atom is 0.326 e. The SMILES string of the molecule is Cc1ccc(C(=O)NCCC(=O)N(C)C(C)C(=O)O)c(O)c1. The monoisotopic (exact) mass is 308 g/mol. The summed E-state index contributed by atoms with van der Waals surface area (Å²) in [5.74, 6) is -2.09. The van der Waals surface area contributed by atoms with Crippen molar-refractivity contribution in [3.63, 3.8) is 0 Å². The summed E-state index contributed by atoms with van der Waals surface area (Å²) in [4.78, 5) is 35.6. The summed E-state index contributed by atoms with van der Waals surface area (Å²) in [6.07, 6.45) is -0.0213. The number of phenols is 1. The van der Waals surface area contributed by atoms with Gasteiger partial charge in [0.2, 0.25) is 5.91 Å². The minimum Gasteiger partial charge on any atom is -0.507 e. The van der Waals surface area contributed by atoms with Crippen LogP contribution in [-0.2, 0) is 9.59 Å². The summed E-state index contributed by atoms with van der Waals surface area (Å²) in [5.41, 5.74) is 0.957. The van der Waals surface area contributed by atoms with Gasteiger partial charge >= 0.3 is 5.97 Å². The molecule has 2 amide bonds. The number of aliphatic carboxylic acids is 1. The molecule has 1 aromatic carbocycles. The molecule has 0 bridgehead atoms. The third kappa shape index (κ3) is 4.47. The van der Waals surface area contributed by atoms with Gasteiger partial charge in [0.25, 0.3) is 5.91 Å². The van der Waals surface area contributed by atoms with Crippen molar-refractivity contribution in [1.82, 2.24) is 10.2 Å². The molecule has 1 unspecified atom stereocenters. The molecule has 0 saturated heterocycles. The van der Waals surface area contributed by atoms with Crippen molar-refractivity contribution >= 4 is 17.8 Å². The van der Waals surface area contributed by atoms with Crippen LogP contribution in [0.3, 0.4) is 0 Å². The van der Waals surface area contributed by atoms with Crippen molar-refractivity contribution in [2.45, 2.75) is 26.3 Å². The van der Waals surface area contributed by atoms with Crippen molar-refractivity contribution in [3.05, 3.63) is 29.3 Å². The molecule has 22 heavy (non-hydrogen) atoms. The molecule has 7 heteroatoms. The number of hydrogen-bond acceptors (Lipinski definition) is 4. The lowest BCUT2D eigenvalue weighted by atomic mass is 10.1.